The van der Waals surface area contributed by atoms with Crippen molar-refractivity contribution >= 4 is 17.5 Å². The minimum atomic E-state index is -0.622. The van der Waals surface area contributed by atoms with Crippen LogP contribution in [0.15, 0.2) is 24.3 Å². The van der Waals surface area contributed by atoms with Gasteiger partial charge in [0.05, 0.1) is 11.5 Å². The second-order valence-corrected chi connectivity index (χ2v) is 3.26. The van der Waals surface area contributed by atoms with E-state index in [4.69, 9.17) is 9.47 Å². The van der Waals surface area contributed by atoms with Crippen molar-refractivity contribution in [1.82, 2.24) is 0 Å². The molecule has 98 valence electrons. The summed E-state index contributed by atoms with van der Waals surface area (Å²) in [6.45, 7) is 2.90. The summed E-state index contributed by atoms with van der Waals surface area (Å²) < 4.78 is 9.81. The van der Waals surface area contributed by atoms with E-state index >= 15 is 0 Å². The lowest BCUT2D eigenvalue weighted by atomic mass is 10.3. The highest BCUT2D eigenvalue weighted by Gasteiger charge is 2.06. The molecule has 0 fully saturated rings. The zero-order valence-corrected chi connectivity index (χ0v) is 9.92. The van der Waals surface area contributed by atoms with Crippen molar-refractivity contribution in [3.05, 3.63) is 34.4 Å². The second kappa shape index (κ2) is 7.23. The van der Waals surface area contributed by atoms with Crippen LogP contribution in [-0.2, 0) is 9.47 Å². The first-order valence-corrected chi connectivity index (χ1v) is 5.39. The van der Waals surface area contributed by atoms with Gasteiger partial charge in [0.1, 0.15) is 6.61 Å². The molecule has 0 unspecified atom stereocenters. The number of anilines is 1. The Balaban J connectivity index is 2.37. The lowest BCUT2D eigenvalue weighted by molar-refractivity contribution is -0.384. The van der Waals surface area contributed by atoms with E-state index in [1.165, 1.54) is 24.3 Å². The highest BCUT2D eigenvalue weighted by Crippen LogP contribution is 2.15. The van der Waals surface area contributed by atoms with Crippen LogP contribution in [0.3, 0.4) is 0 Å². The van der Waals surface area contributed by atoms with Crippen molar-refractivity contribution in [2.24, 2.45) is 0 Å². The number of ether oxygens (including phenoxy) is 2. The average Bonchev–Trinajstić information content (AvgIpc) is 2.35. The van der Waals surface area contributed by atoms with Gasteiger partial charge in [-0.25, -0.2) is 4.79 Å². The summed E-state index contributed by atoms with van der Waals surface area (Å²) in [4.78, 5) is 21.2. The minimum absolute atomic E-state index is 0.0368. The van der Waals surface area contributed by atoms with E-state index in [1.54, 1.807) is 0 Å². The predicted octanol–water partition coefficient (Wildman–Crippen LogP) is 2.18. The van der Waals surface area contributed by atoms with Crippen LogP contribution in [0.5, 0.6) is 0 Å². The normalized spacial score (nSPS) is 9.83. The maximum Gasteiger partial charge on any atom is 0.411 e. The van der Waals surface area contributed by atoms with Crippen molar-refractivity contribution in [1.29, 1.82) is 0 Å². The molecule has 0 atom stereocenters. The molecule has 0 aliphatic rings. The number of nitro benzene ring substituents is 1. The molecule has 0 spiro atoms. The maximum atomic E-state index is 11.3. The summed E-state index contributed by atoms with van der Waals surface area (Å²) >= 11 is 0. The number of hydrogen-bond acceptors (Lipinski definition) is 5. The standard InChI is InChI=1S/C11H14N2O5/c1-2-17-7-8-18-11(14)12-9-3-5-10(6-4-9)13(15)16/h3-6H,2,7-8H2,1H3,(H,12,14). The third kappa shape index (κ3) is 4.79. The van der Waals surface area contributed by atoms with Gasteiger partial charge in [-0.2, -0.15) is 0 Å². The van der Waals surface area contributed by atoms with Gasteiger partial charge >= 0.3 is 6.09 Å². The first kappa shape index (κ1) is 13.9. The molecule has 1 aromatic carbocycles. The van der Waals surface area contributed by atoms with Crippen LogP contribution < -0.4 is 5.32 Å². The first-order chi connectivity index (χ1) is 8.63. The molecule has 0 aliphatic carbocycles. The van der Waals surface area contributed by atoms with Crippen LogP contribution in [0.1, 0.15) is 6.92 Å². The third-order valence-corrected chi connectivity index (χ3v) is 1.99. The van der Waals surface area contributed by atoms with Gasteiger partial charge in [0.15, 0.2) is 0 Å². The van der Waals surface area contributed by atoms with E-state index in [0.29, 0.717) is 18.9 Å². The van der Waals surface area contributed by atoms with Crippen molar-refractivity contribution in [3.63, 3.8) is 0 Å². The molecule has 0 aromatic heterocycles. The maximum absolute atomic E-state index is 11.3. The predicted molar refractivity (Wildman–Crippen MR) is 64.6 cm³/mol. The number of carbonyl (C=O) groups is 1. The zero-order valence-electron chi connectivity index (χ0n) is 9.92. The average molecular weight is 254 g/mol. The van der Waals surface area contributed by atoms with Crippen LogP contribution >= 0.6 is 0 Å². The molecule has 0 saturated heterocycles. The summed E-state index contributed by atoms with van der Waals surface area (Å²) in [6.07, 6.45) is -0.622. The van der Waals surface area contributed by atoms with Crippen LogP contribution in [0.2, 0.25) is 0 Å². The van der Waals surface area contributed by atoms with Gasteiger partial charge in [-0.15, -0.1) is 0 Å². The van der Waals surface area contributed by atoms with Crippen LogP contribution in [-0.4, -0.2) is 30.8 Å². The van der Waals surface area contributed by atoms with Crippen molar-refractivity contribution < 1.29 is 19.2 Å². The summed E-state index contributed by atoms with van der Waals surface area (Å²) in [7, 11) is 0. The molecule has 1 aromatic rings. The Hall–Kier alpha value is -2.15. The topological polar surface area (TPSA) is 90.7 Å². The van der Waals surface area contributed by atoms with Gasteiger partial charge in [0, 0.05) is 24.4 Å². The van der Waals surface area contributed by atoms with Crippen LogP contribution in [0.4, 0.5) is 16.2 Å². The lowest BCUT2D eigenvalue weighted by Crippen LogP contribution is -2.16. The molecule has 0 saturated carbocycles. The SMILES string of the molecule is CCOCCOC(=O)Nc1ccc([N+](=O)[O-])cc1. The van der Waals surface area contributed by atoms with Gasteiger partial charge in [-0.3, -0.25) is 15.4 Å². The molecule has 1 amide bonds. The molecule has 0 aliphatic heterocycles. The quantitative estimate of drug-likeness (QED) is 0.477. The highest BCUT2D eigenvalue weighted by molar-refractivity contribution is 5.84. The van der Waals surface area contributed by atoms with Crippen LogP contribution in [0.25, 0.3) is 0 Å². The Bertz CT molecular complexity index is 404. The third-order valence-electron chi connectivity index (χ3n) is 1.99. The number of nitro groups is 1. The Morgan fingerprint density at radius 1 is 1.33 bits per heavy atom. The lowest BCUT2D eigenvalue weighted by Gasteiger charge is -2.06. The number of amides is 1. The number of hydrogen-bond donors (Lipinski definition) is 1. The summed E-state index contributed by atoms with van der Waals surface area (Å²) in [6, 6.07) is 5.47. The largest absolute Gasteiger partial charge is 0.447 e. The Morgan fingerprint density at radius 3 is 2.56 bits per heavy atom. The van der Waals surface area contributed by atoms with E-state index in [-0.39, 0.29) is 12.3 Å². The number of non-ortho nitro benzene ring substituents is 1. The van der Waals surface area contributed by atoms with E-state index in [0.717, 1.165) is 0 Å². The Morgan fingerprint density at radius 2 is 2.00 bits per heavy atom. The Labute approximate surface area is 104 Å². The first-order valence-electron chi connectivity index (χ1n) is 5.39. The number of benzene rings is 1. The fourth-order valence-corrected chi connectivity index (χ4v) is 1.16. The molecule has 7 heteroatoms. The monoisotopic (exact) mass is 254 g/mol. The van der Waals surface area contributed by atoms with E-state index in [9.17, 15) is 14.9 Å². The number of nitrogens with zero attached hydrogens (tertiary/aromatic N) is 1. The minimum Gasteiger partial charge on any atom is -0.447 e. The highest BCUT2D eigenvalue weighted by atomic mass is 16.6. The molecule has 0 radical (unpaired) electrons. The van der Waals surface area contributed by atoms with E-state index in [2.05, 4.69) is 5.32 Å². The molecule has 0 heterocycles. The van der Waals surface area contributed by atoms with Crippen molar-refractivity contribution in [2.75, 3.05) is 25.1 Å². The fraction of sp³-hybridized carbons (Fsp3) is 0.364. The van der Waals surface area contributed by atoms with Crippen molar-refractivity contribution in [3.8, 4) is 0 Å². The second-order valence-electron chi connectivity index (χ2n) is 3.26. The molecule has 1 rings (SSSR count). The summed E-state index contributed by atoms with van der Waals surface area (Å²) in [5.74, 6) is 0. The molecule has 1 N–H and O–H groups in total. The summed E-state index contributed by atoms with van der Waals surface area (Å²) in [5, 5.41) is 12.9. The zero-order chi connectivity index (χ0) is 13.4. The number of nitrogens with one attached hydrogen (secondary N) is 1. The van der Waals surface area contributed by atoms with Gasteiger partial charge in [0.2, 0.25) is 0 Å². The van der Waals surface area contributed by atoms with E-state index < -0.39 is 11.0 Å². The molecule has 18 heavy (non-hydrogen) atoms. The Kier molecular flexibility index (Phi) is 5.59. The van der Waals surface area contributed by atoms with E-state index in [1.807, 2.05) is 6.92 Å². The van der Waals surface area contributed by atoms with Gasteiger partial charge < -0.3 is 9.47 Å². The van der Waals surface area contributed by atoms with Gasteiger partial charge in [-0.05, 0) is 19.1 Å². The number of rotatable bonds is 6. The fourth-order valence-electron chi connectivity index (χ4n) is 1.16. The molecular weight excluding hydrogens is 240 g/mol. The summed E-state index contributed by atoms with van der Waals surface area (Å²) in [5.41, 5.74) is 0.396. The van der Waals surface area contributed by atoms with Crippen LogP contribution in [0, 0.1) is 10.1 Å². The van der Waals surface area contributed by atoms with Gasteiger partial charge in [-0.1, -0.05) is 0 Å². The smallest absolute Gasteiger partial charge is 0.411 e. The molecule has 0 bridgehead atoms. The number of carbonyl (C=O) groups excluding carboxylic acids is 1. The van der Waals surface area contributed by atoms with Gasteiger partial charge in [0.25, 0.3) is 5.69 Å². The molecular formula is C11H14N2O5. The molecule has 7 nitrogen and oxygen atoms in total. The van der Waals surface area contributed by atoms with Crippen molar-refractivity contribution in [2.45, 2.75) is 6.92 Å².